The number of aromatic nitrogens is 1. The first kappa shape index (κ1) is 14.4. The fourth-order valence-corrected chi connectivity index (χ4v) is 3.37. The molecule has 6 heteroatoms. The maximum Gasteiger partial charge on any atom is 0.416 e. The summed E-state index contributed by atoms with van der Waals surface area (Å²) < 4.78 is 38.6. The van der Waals surface area contributed by atoms with Crippen molar-refractivity contribution in [2.45, 2.75) is 25.1 Å². The van der Waals surface area contributed by atoms with Gasteiger partial charge >= 0.3 is 6.18 Å². The second-order valence-electron chi connectivity index (χ2n) is 6.50. The largest absolute Gasteiger partial charge is 0.416 e. The number of pyridine rings is 1. The summed E-state index contributed by atoms with van der Waals surface area (Å²) >= 11 is 0. The van der Waals surface area contributed by atoms with Gasteiger partial charge in [-0.1, -0.05) is 12.1 Å². The normalized spacial score (nSPS) is 22.7. The van der Waals surface area contributed by atoms with Crippen molar-refractivity contribution in [2.75, 3.05) is 23.3 Å². The predicted molar refractivity (Wildman–Crippen MR) is 83.5 cm³/mol. The lowest BCUT2D eigenvalue weighted by Crippen LogP contribution is -2.42. The number of alkyl halides is 3. The van der Waals surface area contributed by atoms with Crippen molar-refractivity contribution in [3.63, 3.8) is 0 Å². The van der Waals surface area contributed by atoms with Gasteiger partial charge in [-0.25, -0.2) is 4.98 Å². The van der Waals surface area contributed by atoms with E-state index in [4.69, 9.17) is 0 Å². The molecule has 0 saturated carbocycles. The first-order valence-corrected chi connectivity index (χ1v) is 7.56. The topological polar surface area (TPSA) is 28.2 Å². The number of hydrogen-bond acceptors (Lipinski definition) is 3. The summed E-state index contributed by atoms with van der Waals surface area (Å²) in [6, 6.07) is 9.03. The molecule has 3 nitrogen and oxygen atoms in total. The highest BCUT2D eigenvalue weighted by atomic mass is 19.4. The van der Waals surface area contributed by atoms with Gasteiger partial charge in [0.05, 0.1) is 22.5 Å². The first-order valence-electron chi connectivity index (χ1n) is 7.56. The standard InChI is InChI=1S/C17H16F3N3/c1-16-7-8-23(10-16)14-6-5-13(21-15(14)22-16)11-3-2-4-12(9-11)17(18,19)20/h2-6,9H,7-8,10H2,1H3,(H,21,22)/t16-/m0/s1. The van der Waals surface area contributed by atoms with Gasteiger partial charge in [0.15, 0.2) is 5.82 Å². The highest BCUT2D eigenvalue weighted by molar-refractivity contribution is 5.75. The molecule has 0 unspecified atom stereocenters. The zero-order valence-electron chi connectivity index (χ0n) is 12.6. The van der Waals surface area contributed by atoms with Crippen molar-refractivity contribution in [3.05, 3.63) is 42.0 Å². The molecule has 0 amide bonds. The second kappa shape index (κ2) is 4.63. The zero-order valence-corrected chi connectivity index (χ0v) is 12.6. The lowest BCUT2D eigenvalue weighted by Gasteiger charge is -2.34. The fraction of sp³-hybridized carbons (Fsp3) is 0.353. The number of anilines is 2. The van der Waals surface area contributed by atoms with E-state index >= 15 is 0 Å². The Kier molecular flexibility index (Phi) is 2.89. The van der Waals surface area contributed by atoms with Gasteiger partial charge in [0, 0.05) is 18.7 Å². The van der Waals surface area contributed by atoms with Crippen molar-refractivity contribution in [2.24, 2.45) is 0 Å². The van der Waals surface area contributed by atoms with E-state index in [-0.39, 0.29) is 5.54 Å². The van der Waals surface area contributed by atoms with Gasteiger partial charge in [-0.15, -0.1) is 0 Å². The van der Waals surface area contributed by atoms with Crippen LogP contribution in [0.15, 0.2) is 36.4 Å². The molecule has 2 aliphatic heterocycles. The van der Waals surface area contributed by atoms with Crippen molar-refractivity contribution in [3.8, 4) is 11.3 Å². The Morgan fingerprint density at radius 2 is 2.04 bits per heavy atom. The molecule has 2 aliphatic rings. The number of nitrogens with one attached hydrogen (secondary N) is 1. The number of benzene rings is 1. The number of fused-ring (bicyclic) bond motifs is 4. The van der Waals surface area contributed by atoms with E-state index < -0.39 is 11.7 Å². The third kappa shape index (κ3) is 2.42. The molecule has 1 saturated heterocycles. The quantitative estimate of drug-likeness (QED) is 0.855. The smallest absolute Gasteiger partial charge is 0.366 e. The summed E-state index contributed by atoms with van der Waals surface area (Å²) in [4.78, 5) is 6.85. The van der Waals surface area contributed by atoms with Crippen LogP contribution in [0.25, 0.3) is 11.3 Å². The lowest BCUT2D eigenvalue weighted by molar-refractivity contribution is -0.137. The minimum absolute atomic E-state index is 0.00750. The predicted octanol–water partition coefficient (Wildman–Crippen LogP) is 4.16. The van der Waals surface area contributed by atoms with E-state index in [9.17, 15) is 13.2 Å². The van der Waals surface area contributed by atoms with Crippen molar-refractivity contribution in [1.82, 2.24) is 4.98 Å². The summed E-state index contributed by atoms with van der Waals surface area (Å²) in [5, 5.41) is 3.44. The Morgan fingerprint density at radius 3 is 2.83 bits per heavy atom. The molecule has 23 heavy (non-hydrogen) atoms. The lowest BCUT2D eigenvalue weighted by atomic mass is 10.0. The summed E-state index contributed by atoms with van der Waals surface area (Å²) in [6.45, 7) is 4.06. The molecular formula is C17H16F3N3. The third-order valence-corrected chi connectivity index (χ3v) is 4.59. The molecule has 0 radical (unpaired) electrons. The molecule has 4 rings (SSSR count). The minimum atomic E-state index is -4.35. The van der Waals surface area contributed by atoms with Crippen molar-refractivity contribution >= 4 is 11.5 Å². The van der Waals surface area contributed by atoms with Gasteiger partial charge in [-0.05, 0) is 37.6 Å². The first-order chi connectivity index (χ1) is 10.8. The molecule has 1 N–H and O–H groups in total. The van der Waals surface area contributed by atoms with Crippen LogP contribution in [0.5, 0.6) is 0 Å². The monoisotopic (exact) mass is 319 g/mol. The van der Waals surface area contributed by atoms with Gasteiger partial charge in [0.2, 0.25) is 0 Å². The molecule has 1 aromatic carbocycles. The van der Waals surface area contributed by atoms with E-state index in [1.54, 1.807) is 12.1 Å². The van der Waals surface area contributed by atoms with Crippen molar-refractivity contribution in [1.29, 1.82) is 0 Å². The number of halogens is 3. The Bertz CT molecular complexity index is 772. The van der Waals surface area contributed by atoms with Gasteiger partial charge in [0.1, 0.15) is 0 Å². The molecule has 3 heterocycles. The highest BCUT2D eigenvalue weighted by Crippen LogP contribution is 2.40. The van der Waals surface area contributed by atoms with Crippen LogP contribution in [-0.4, -0.2) is 23.6 Å². The zero-order chi connectivity index (χ0) is 16.2. The Balaban J connectivity index is 1.75. The van der Waals surface area contributed by atoms with E-state index in [0.717, 1.165) is 43.1 Å². The van der Waals surface area contributed by atoms with Crippen LogP contribution in [0, 0.1) is 0 Å². The SMILES string of the molecule is C[C@]12CCN(C1)c1ccc(-c3cccc(C(F)(F)F)c3)nc1N2. The second-order valence-corrected chi connectivity index (χ2v) is 6.50. The average Bonchev–Trinajstić information content (AvgIpc) is 2.82. The maximum absolute atomic E-state index is 12.9. The molecule has 120 valence electrons. The summed E-state index contributed by atoms with van der Waals surface area (Å²) in [7, 11) is 0. The van der Waals surface area contributed by atoms with Gasteiger partial charge in [-0.2, -0.15) is 13.2 Å². The Labute approximate surface area is 132 Å². The van der Waals surface area contributed by atoms with E-state index in [1.165, 1.54) is 6.07 Å². The van der Waals surface area contributed by atoms with Crippen LogP contribution < -0.4 is 10.2 Å². The van der Waals surface area contributed by atoms with Gasteiger partial charge in [0.25, 0.3) is 0 Å². The maximum atomic E-state index is 12.9. The number of hydrogen-bond donors (Lipinski definition) is 1. The summed E-state index contributed by atoms with van der Waals surface area (Å²) in [6.07, 6.45) is -3.32. The van der Waals surface area contributed by atoms with Crippen LogP contribution in [-0.2, 0) is 6.18 Å². The fourth-order valence-electron chi connectivity index (χ4n) is 3.37. The molecule has 0 spiro atoms. The Hall–Kier alpha value is -2.24. The molecule has 1 fully saturated rings. The summed E-state index contributed by atoms with van der Waals surface area (Å²) in [5.41, 5.74) is 1.39. The molecule has 1 atom stereocenters. The Morgan fingerprint density at radius 1 is 1.22 bits per heavy atom. The van der Waals surface area contributed by atoms with E-state index in [0.29, 0.717) is 11.3 Å². The van der Waals surface area contributed by atoms with Crippen LogP contribution in [0.2, 0.25) is 0 Å². The number of rotatable bonds is 1. The number of nitrogens with zero attached hydrogens (tertiary/aromatic N) is 2. The van der Waals surface area contributed by atoms with Gasteiger partial charge in [-0.3, -0.25) is 0 Å². The summed E-state index contributed by atoms with van der Waals surface area (Å²) in [5.74, 6) is 0.756. The molecule has 1 aromatic heterocycles. The molecule has 2 aromatic rings. The van der Waals surface area contributed by atoms with Crippen LogP contribution in [0.1, 0.15) is 18.9 Å². The average molecular weight is 319 g/mol. The van der Waals surface area contributed by atoms with Crippen molar-refractivity contribution < 1.29 is 13.2 Å². The van der Waals surface area contributed by atoms with Gasteiger partial charge < -0.3 is 10.2 Å². The van der Waals surface area contributed by atoms with E-state index in [1.807, 2.05) is 6.07 Å². The third-order valence-electron chi connectivity index (χ3n) is 4.59. The highest BCUT2D eigenvalue weighted by Gasteiger charge is 2.40. The van der Waals surface area contributed by atoms with Crippen LogP contribution >= 0.6 is 0 Å². The molecule has 2 bridgehead atoms. The molecule has 0 aliphatic carbocycles. The van der Waals surface area contributed by atoms with Crippen LogP contribution in [0.4, 0.5) is 24.7 Å². The van der Waals surface area contributed by atoms with E-state index in [2.05, 4.69) is 22.1 Å². The van der Waals surface area contributed by atoms with Crippen LogP contribution in [0.3, 0.4) is 0 Å². The molecular weight excluding hydrogens is 303 g/mol. The minimum Gasteiger partial charge on any atom is -0.366 e.